The Morgan fingerprint density at radius 1 is 1.03 bits per heavy atom. The van der Waals surface area contributed by atoms with Gasteiger partial charge in [0.05, 0.1) is 0 Å². The fraction of sp³-hybridized carbons (Fsp3) is 0.346. The molecular formula is C26H29ClN2O2. The second-order valence-electron chi connectivity index (χ2n) is 8.55. The fourth-order valence-electron chi connectivity index (χ4n) is 4.62. The van der Waals surface area contributed by atoms with E-state index in [1.54, 1.807) is 0 Å². The van der Waals surface area contributed by atoms with Crippen LogP contribution in [0.3, 0.4) is 0 Å². The van der Waals surface area contributed by atoms with Crippen LogP contribution in [0.15, 0.2) is 60.7 Å². The van der Waals surface area contributed by atoms with Crippen molar-refractivity contribution < 1.29 is 9.90 Å². The van der Waals surface area contributed by atoms with Crippen molar-refractivity contribution in [2.24, 2.45) is 5.92 Å². The summed E-state index contributed by atoms with van der Waals surface area (Å²) < 4.78 is 0. The first-order valence-electron chi connectivity index (χ1n) is 11.1. The first-order chi connectivity index (χ1) is 15.1. The molecule has 4 nitrogen and oxygen atoms in total. The van der Waals surface area contributed by atoms with Gasteiger partial charge >= 0.3 is 5.97 Å². The highest BCUT2D eigenvalue weighted by Gasteiger charge is 2.22. The molecule has 0 aliphatic heterocycles. The zero-order valence-corrected chi connectivity index (χ0v) is 18.4. The van der Waals surface area contributed by atoms with E-state index in [1.165, 1.54) is 36.8 Å². The van der Waals surface area contributed by atoms with Crippen molar-refractivity contribution in [3.05, 3.63) is 71.2 Å². The molecule has 0 bridgehead atoms. The average molecular weight is 437 g/mol. The van der Waals surface area contributed by atoms with E-state index in [0.29, 0.717) is 23.3 Å². The number of carboxylic acids is 1. The van der Waals surface area contributed by atoms with E-state index in [-0.39, 0.29) is 0 Å². The summed E-state index contributed by atoms with van der Waals surface area (Å²) in [6.45, 7) is 0. The molecule has 1 aliphatic rings. The van der Waals surface area contributed by atoms with Crippen LogP contribution in [0, 0.1) is 5.92 Å². The molecule has 0 radical (unpaired) electrons. The van der Waals surface area contributed by atoms with Gasteiger partial charge in [-0.3, -0.25) is 4.79 Å². The Morgan fingerprint density at radius 3 is 2.52 bits per heavy atom. The van der Waals surface area contributed by atoms with Gasteiger partial charge in [-0.2, -0.15) is 0 Å². The number of rotatable bonds is 8. The fourth-order valence-corrected chi connectivity index (χ4v) is 4.81. The Hall–Kier alpha value is -2.72. The zero-order chi connectivity index (χ0) is 21.6. The molecule has 1 aromatic heterocycles. The van der Waals surface area contributed by atoms with Crippen LogP contribution in [0.5, 0.6) is 0 Å². The van der Waals surface area contributed by atoms with Crippen LogP contribution in [0.4, 0.5) is 11.5 Å². The average Bonchev–Trinajstić information content (AvgIpc) is 3.23. The van der Waals surface area contributed by atoms with Crippen molar-refractivity contribution in [1.29, 1.82) is 0 Å². The van der Waals surface area contributed by atoms with Crippen molar-refractivity contribution in [3.63, 3.8) is 0 Å². The topological polar surface area (TPSA) is 65.1 Å². The van der Waals surface area contributed by atoms with Crippen LogP contribution in [0.1, 0.15) is 56.4 Å². The molecule has 0 spiro atoms. The minimum Gasteiger partial charge on any atom is -0.481 e. The van der Waals surface area contributed by atoms with Gasteiger partial charge in [0.25, 0.3) is 0 Å². The smallest absolute Gasteiger partial charge is 0.303 e. The summed E-state index contributed by atoms with van der Waals surface area (Å²) in [7, 11) is 0. The highest BCUT2D eigenvalue weighted by molar-refractivity contribution is 6.30. The monoisotopic (exact) mass is 436 g/mol. The van der Waals surface area contributed by atoms with Gasteiger partial charge in [0.2, 0.25) is 0 Å². The van der Waals surface area contributed by atoms with Gasteiger partial charge in [-0.15, -0.1) is 0 Å². The molecule has 0 amide bonds. The van der Waals surface area contributed by atoms with Gasteiger partial charge < -0.3 is 15.4 Å². The van der Waals surface area contributed by atoms with Crippen LogP contribution >= 0.6 is 11.6 Å². The van der Waals surface area contributed by atoms with Gasteiger partial charge in [0.1, 0.15) is 5.82 Å². The maximum absolute atomic E-state index is 10.7. The molecule has 162 valence electrons. The largest absolute Gasteiger partial charge is 0.481 e. The maximum atomic E-state index is 10.7. The lowest BCUT2D eigenvalue weighted by Gasteiger charge is -2.28. The summed E-state index contributed by atoms with van der Waals surface area (Å²) in [4.78, 5) is 14.1. The molecular weight excluding hydrogens is 408 g/mol. The van der Waals surface area contributed by atoms with Crippen LogP contribution in [0.25, 0.3) is 11.3 Å². The zero-order valence-electron chi connectivity index (χ0n) is 17.6. The molecule has 31 heavy (non-hydrogen) atoms. The number of aromatic nitrogens is 1. The number of H-pyrrole nitrogens is 1. The third kappa shape index (κ3) is 5.92. The first-order valence-corrected chi connectivity index (χ1v) is 11.5. The minimum absolute atomic E-state index is 0.302. The quantitative estimate of drug-likeness (QED) is 0.340. The molecule has 3 aromatic rings. The van der Waals surface area contributed by atoms with Crippen LogP contribution < -0.4 is 5.32 Å². The maximum Gasteiger partial charge on any atom is 0.303 e. The van der Waals surface area contributed by atoms with E-state index in [0.717, 1.165) is 30.0 Å². The number of carboxylic acid groups (broad SMARTS) is 1. The number of halogens is 1. The number of carbonyl (C=O) groups is 1. The van der Waals surface area contributed by atoms with E-state index < -0.39 is 5.97 Å². The van der Waals surface area contributed by atoms with Crippen molar-refractivity contribution in [1.82, 2.24) is 4.98 Å². The Morgan fingerprint density at radius 2 is 1.81 bits per heavy atom. The highest BCUT2D eigenvalue weighted by atomic mass is 35.5. The molecule has 5 heteroatoms. The number of anilines is 2. The number of nitrogens with one attached hydrogen (secondary N) is 2. The predicted molar refractivity (Wildman–Crippen MR) is 127 cm³/mol. The molecule has 1 heterocycles. The summed E-state index contributed by atoms with van der Waals surface area (Å²) in [6.07, 6.45) is 6.99. The number of aromatic amines is 1. The number of aliphatic carboxylic acids is 1. The Labute approximate surface area is 188 Å². The van der Waals surface area contributed by atoms with E-state index in [2.05, 4.69) is 40.6 Å². The lowest BCUT2D eigenvalue weighted by atomic mass is 9.77. The van der Waals surface area contributed by atoms with Crippen molar-refractivity contribution in [3.8, 4) is 11.3 Å². The molecule has 1 aliphatic carbocycles. The Balaban J connectivity index is 1.32. The third-order valence-corrected chi connectivity index (χ3v) is 6.57. The van der Waals surface area contributed by atoms with E-state index >= 15 is 0 Å². The molecule has 3 N–H and O–H groups in total. The van der Waals surface area contributed by atoms with Crippen molar-refractivity contribution in [2.75, 3.05) is 5.32 Å². The number of hydrogen-bond donors (Lipinski definition) is 3. The van der Waals surface area contributed by atoms with E-state index in [4.69, 9.17) is 16.7 Å². The first kappa shape index (κ1) is 21.5. The van der Waals surface area contributed by atoms with Gasteiger partial charge in [0.15, 0.2) is 0 Å². The molecule has 1 fully saturated rings. The van der Waals surface area contributed by atoms with E-state index in [9.17, 15) is 4.79 Å². The van der Waals surface area contributed by atoms with Gasteiger partial charge in [-0.1, -0.05) is 41.9 Å². The molecule has 0 atom stereocenters. The van der Waals surface area contributed by atoms with Gasteiger partial charge in [-0.25, -0.2) is 0 Å². The molecule has 4 rings (SSSR count). The summed E-state index contributed by atoms with van der Waals surface area (Å²) in [5.41, 5.74) is 4.62. The Bertz CT molecular complexity index is 1000. The standard InChI is InChI=1S/C26H29ClN2O2/c27-22-4-2-5-23(17-22)28-25-16-15-24(29-25)21-13-11-20(12-14-21)19-9-7-18(8-10-19)3-1-6-26(30)31/h2,4-5,11-19,28-29H,1,3,6-10H2,(H,30,31). The SMILES string of the molecule is O=C(O)CCCC1CCC(c2ccc(-c3ccc(Nc4cccc(Cl)c4)[nH]3)cc2)CC1. The summed E-state index contributed by atoms with van der Waals surface area (Å²) >= 11 is 6.06. The summed E-state index contributed by atoms with van der Waals surface area (Å²) in [5.74, 6) is 1.57. The summed E-state index contributed by atoms with van der Waals surface area (Å²) in [5, 5.41) is 12.9. The minimum atomic E-state index is -0.678. The van der Waals surface area contributed by atoms with Crippen LogP contribution in [0.2, 0.25) is 5.02 Å². The number of benzene rings is 2. The second kappa shape index (κ2) is 10.1. The second-order valence-corrected chi connectivity index (χ2v) is 8.98. The molecule has 1 saturated carbocycles. The van der Waals surface area contributed by atoms with Crippen LogP contribution in [-0.2, 0) is 4.79 Å². The van der Waals surface area contributed by atoms with E-state index in [1.807, 2.05) is 30.3 Å². The lowest BCUT2D eigenvalue weighted by Crippen LogP contribution is -2.13. The van der Waals surface area contributed by atoms with Crippen molar-refractivity contribution in [2.45, 2.75) is 50.9 Å². The Kier molecular flexibility index (Phi) is 6.98. The van der Waals surface area contributed by atoms with Crippen molar-refractivity contribution >= 4 is 29.1 Å². The molecule has 2 aromatic carbocycles. The van der Waals surface area contributed by atoms with Crippen LogP contribution in [-0.4, -0.2) is 16.1 Å². The predicted octanol–water partition coefficient (Wildman–Crippen LogP) is 7.61. The number of hydrogen-bond acceptors (Lipinski definition) is 2. The molecule has 0 saturated heterocycles. The summed E-state index contributed by atoms with van der Waals surface area (Å²) in [6, 6.07) is 20.7. The lowest BCUT2D eigenvalue weighted by molar-refractivity contribution is -0.137. The third-order valence-electron chi connectivity index (χ3n) is 6.33. The van der Waals surface area contributed by atoms with Gasteiger partial charge in [0, 0.05) is 22.8 Å². The van der Waals surface area contributed by atoms with Gasteiger partial charge in [-0.05, 0) is 91.8 Å². The molecule has 0 unspecified atom stereocenters. The normalized spacial score (nSPS) is 18.6. The highest BCUT2D eigenvalue weighted by Crippen LogP contribution is 2.38.